The molecule has 1 aliphatic rings. The fourth-order valence-electron chi connectivity index (χ4n) is 2.60. The second-order valence-corrected chi connectivity index (χ2v) is 7.97. The normalized spacial score (nSPS) is 16.6. The van der Waals surface area contributed by atoms with E-state index in [1.165, 1.54) is 30.2 Å². The number of nitrogens with zero attached hydrogens (tertiary/aromatic N) is 2. The van der Waals surface area contributed by atoms with Gasteiger partial charge in [0, 0.05) is 11.4 Å². The number of esters is 1. The number of hydrogen-bond acceptors (Lipinski definition) is 8. The fraction of sp³-hybridized carbons (Fsp3) is 0.294. The Morgan fingerprint density at radius 3 is 2.59 bits per heavy atom. The van der Waals surface area contributed by atoms with E-state index in [0.29, 0.717) is 22.8 Å². The van der Waals surface area contributed by atoms with Crippen LogP contribution in [0.3, 0.4) is 0 Å². The number of aromatic nitrogens is 2. The van der Waals surface area contributed by atoms with Gasteiger partial charge in [-0.15, -0.1) is 10.2 Å². The minimum Gasteiger partial charge on any atom is -0.497 e. The molecule has 142 valence electrons. The van der Waals surface area contributed by atoms with Crippen LogP contribution in [0.4, 0.5) is 4.79 Å². The molecule has 2 heterocycles. The van der Waals surface area contributed by atoms with Gasteiger partial charge < -0.3 is 20.1 Å². The molecule has 0 saturated carbocycles. The summed E-state index contributed by atoms with van der Waals surface area (Å²) in [4.78, 5) is 24.7. The van der Waals surface area contributed by atoms with Crippen LogP contribution in [0.25, 0.3) is 0 Å². The van der Waals surface area contributed by atoms with Gasteiger partial charge in [-0.25, -0.2) is 9.59 Å². The predicted molar refractivity (Wildman–Crippen MR) is 102 cm³/mol. The van der Waals surface area contributed by atoms with Gasteiger partial charge in [-0.3, -0.25) is 0 Å². The third kappa shape index (κ3) is 4.40. The summed E-state index contributed by atoms with van der Waals surface area (Å²) in [6.07, 6.45) is 0. The molecule has 1 aliphatic heterocycles. The maximum Gasteiger partial charge on any atom is 0.338 e. The number of amides is 2. The number of nitrogens with one attached hydrogen (secondary N) is 2. The summed E-state index contributed by atoms with van der Waals surface area (Å²) in [7, 11) is 2.89. The van der Waals surface area contributed by atoms with Crippen molar-refractivity contribution in [3.8, 4) is 5.75 Å². The average molecular weight is 406 g/mol. The second-order valence-electron chi connectivity index (χ2n) is 5.56. The summed E-state index contributed by atoms with van der Waals surface area (Å²) >= 11 is 2.86. The van der Waals surface area contributed by atoms with Crippen molar-refractivity contribution in [1.82, 2.24) is 20.8 Å². The smallest absolute Gasteiger partial charge is 0.338 e. The molecule has 0 bridgehead atoms. The molecule has 1 aromatic heterocycles. The van der Waals surface area contributed by atoms with Gasteiger partial charge in [-0.2, -0.15) is 0 Å². The lowest BCUT2D eigenvalue weighted by Crippen LogP contribution is -2.46. The molecular formula is C17H18N4O4S2. The molecule has 1 unspecified atom stereocenters. The monoisotopic (exact) mass is 406 g/mol. The summed E-state index contributed by atoms with van der Waals surface area (Å²) < 4.78 is 10.9. The predicted octanol–water partition coefficient (Wildman–Crippen LogP) is 2.43. The summed E-state index contributed by atoms with van der Waals surface area (Å²) in [6.45, 7) is 1.87. The third-order valence-corrected chi connectivity index (χ3v) is 5.85. The highest BCUT2D eigenvalue weighted by molar-refractivity contribution is 8.01. The number of hydrogen-bond donors (Lipinski definition) is 2. The van der Waals surface area contributed by atoms with Gasteiger partial charge in [0.1, 0.15) is 10.8 Å². The Morgan fingerprint density at radius 1 is 1.26 bits per heavy atom. The van der Waals surface area contributed by atoms with Crippen molar-refractivity contribution in [2.75, 3.05) is 20.0 Å². The van der Waals surface area contributed by atoms with Gasteiger partial charge in [0.2, 0.25) is 0 Å². The number of ether oxygens (including phenoxy) is 2. The van der Waals surface area contributed by atoms with E-state index in [-0.39, 0.29) is 6.03 Å². The molecule has 10 heteroatoms. The summed E-state index contributed by atoms with van der Waals surface area (Å²) in [6, 6.07) is 6.15. The van der Waals surface area contributed by atoms with E-state index in [2.05, 4.69) is 20.8 Å². The zero-order valence-electron chi connectivity index (χ0n) is 14.9. The number of methoxy groups -OCH3 is 2. The van der Waals surface area contributed by atoms with Crippen molar-refractivity contribution in [3.63, 3.8) is 0 Å². The summed E-state index contributed by atoms with van der Waals surface area (Å²) in [5.74, 6) is 0.538. The molecule has 1 atom stereocenters. The largest absolute Gasteiger partial charge is 0.497 e. The second kappa shape index (κ2) is 8.40. The van der Waals surface area contributed by atoms with E-state index < -0.39 is 12.0 Å². The molecule has 0 spiro atoms. The average Bonchev–Trinajstić information content (AvgIpc) is 3.10. The highest BCUT2D eigenvalue weighted by Crippen LogP contribution is 2.32. The molecule has 2 aromatic rings. The van der Waals surface area contributed by atoms with Crippen LogP contribution < -0.4 is 15.4 Å². The quantitative estimate of drug-likeness (QED) is 0.561. The number of thioether (sulfide) groups is 1. The maximum absolute atomic E-state index is 12.5. The van der Waals surface area contributed by atoms with Crippen molar-refractivity contribution in [1.29, 1.82) is 0 Å². The number of benzene rings is 1. The first-order chi connectivity index (χ1) is 13.0. The van der Waals surface area contributed by atoms with Crippen LogP contribution in [0.2, 0.25) is 0 Å². The number of urea groups is 1. The highest BCUT2D eigenvalue weighted by Gasteiger charge is 2.33. The van der Waals surface area contributed by atoms with E-state index in [0.717, 1.165) is 14.9 Å². The van der Waals surface area contributed by atoms with Crippen molar-refractivity contribution < 1.29 is 19.1 Å². The SMILES string of the molecule is COC(=O)C1=C(CSc2nnc(C)s2)NC(=O)NC1c1ccc(OC)cc1. The lowest BCUT2D eigenvalue weighted by molar-refractivity contribution is -0.136. The molecule has 1 aromatic carbocycles. The molecule has 8 nitrogen and oxygen atoms in total. The number of aryl methyl sites for hydroxylation is 1. The van der Waals surface area contributed by atoms with E-state index in [4.69, 9.17) is 9.47 Å². The maximum atomic E-state index is 12.5. The molecule has 3 rings (SSSR count). The summed E-state index contributed by atoms with van der Waals surface area (Å²) in [5, 5.41) is 14.4. The van der Waals surface area contributed by atoms with Gasteiger partial charge in [0.05, 0.1) is 25.8 Å². The van der Waals surface area contributed by atoms with E-state index in [1.807, 2.05) is 6.92 Å². The lowest BCUT2D eigenvalue weighted by Gasteiger charge is -2.29. The molecule has 2 amide bonds. The van der Waals surface area contributed by atoms with Crippen LogP contribution in [0.15, 0.2) is 39.9 Å². The molecule has 2 N–H and O–H groups in total. The van der Waals surface area contributed by atoms with Crippen molar-refractivity contribution in [2.24, 2.45) is 0 Å². The molecule has 27 heavy (non-hydrogen) atoms. The van der Waals surface area contributed by atoms with Crippen LogP contribution in [-0.4, -0.2) is 42.2 Å². The van der Waals surface area contributed by atoms with E-state index >= 15 is 0 Å². The van der Waals surface area contributed by atoms with Crippen molar-refractivity contribution in [3.05, 3.63) is 46.1 Å². The van der Waals surface area contributed by atoms with Crippen molar-refractivity contribution >= 4 is 35.1 Å². The summed E-state index contributed by atoms with van der Waals surface area (Å²) in [5.41, 5.74) is 1.60. The first kappa shape index (κ1) is 19.2. The fourth-order valence-corrected chi connectivity index (χ4v) is 4.38. The first-order valence-electron chi connectivity index (χ1n) is 7.97. The van der Waals surface area contributed by atoms with Crippen LogP contribution >= 0.6 is 23.1 Å². The third-order valence-electron chi connectivity index (χ3n) is 3.86. The number of carbonyl (C=O) groups is 2. The first-order valence-corrected chi connectivity index (χ1v) is 9.77. The van der Waals surface area contributed by atoms with Crippen LogP contribution in [0.5, 0.6) is 5.75 Å². The molecule has 0 aliphatic carbocycles. The molecule has 0 fully saturated rings. The van der Waals surface area contributed by atoms with E-state index in [1.54, 1.807) is 31.4 Å². The Labute approximate surface area is 164 Å². The Balaban J connectivity index is 1.94. The minimum atomic E-state index is -0.621. The van der Waals surface area contributed by atoms with Crippen LogP contribution in [0.1, 0.15) is 16.6 Å². The lowest BCUT2D eigenvalue weighted by atomic mass is 9.95. The van der Waals surface area contributed by atoms with Crippen LogP contribution in [-0.2, 0) is 9.53 Å². The van der Waals surface area contributed by atoms with Gasteiger partial charge in [0.15, 0.2) is 4.34 Å². The Kier molecular flexibility index (Phi) is 5.97. The van der Waals surface area contributed by atoms with Gasteiger partial charge in [-0.05, 0) is 24.6 Å². The van der Waals surface area contributed by atoms with Crippen molar-refractivity contribution in [2.45, 2.75) is 17.3 Å². The Hall–Kier alpha value is -2.59. The standard InChI is InChI=1S/C17H18N4O4S2/c1-9-20-21-17(27-9)26-8-12-13(15(22)25-3)14(19-16(23)18-12)10-4-6-11(24-2)7-5-10/h4-7,14H,8H2,1-3H3,(H2,18,19,23). The highest BCUT2D eigenvalue weighted by atomic mass is 32.2. The Morgan fingerprint density at radius 2 is 2.00 bits per heavy atom. The number of rotatable bonds is 6. The molecule has 0 saturated heterocycles. The van der Waals surface area contributed by atoms with Gasteiger partial charge in [0.25, 0.3) is 0 Å². The van der Waals surface area contributed by atoms with Crippen LogP contribution in [0, 0.1) is 6.92 Å². The zero-order chi connectivity index (χ0) is 19.4. The zero-order valence-corrected chi connectivity index (χ0v) is 16.6. The number of carbonyl (C=O) groups excluding carboxylic acids is 2. The molecular weight excluding hydrogens is 388 g/mol. The topological polar surface area (TPSA) is 102 Å². The van der Waals surface area contributed by atoms with Gasteiger partial charge in [-0.1, -0.05) is 35.2 Å². The minimum absolute atomic E-state index is 0.357. The van der Waals surface area contributed by atoms with E-state index in [9.17, 15) is 9.59 Å². The molecule has 0 radical (unpaired) electrons. The Bertz CT molecular complexity index is 879. The van der Waals surface area contributed by atoms with Gasteiger partial charge >= 0.3 is 12.0 Å².